The Bertz CT molecular complexity index is 1060. The molecule has 0 aliphatic carbocycles. The maximum Gasteiger partial charge on any atom is 0.261 e. The number of hydrogen-bond donors (Lipinski definition) is 2. The summed E-state index contributed by atoms with van der Waals surface area (Å²) in [4.78, 5) is 22.3. The number of hydrogen-bond acceptors (Lipinski definition) is 8. The Morgan fingerprint density at radius 1 is 1.21 bits per heavy atom. The summed E-state index contributed by atoms with van der Waals surface area (Å²) in [6.45, 7) is 4.13. The first-order valence-corrected chi connectivity index (χ1v) is 9.35. The minimum Gasteiger partial charge on any atom is -0.493 e. The van der Waals surface area contributed by atoms with Gasteiger partial charge in [0, 0.05) is 17.5 Å². The minimum atomic E-state index is -0.178. The highest BCUT2D eigenvalue weighted by Crippen LogP contribution is 2.31. The van der Waals surface area contributed by atoms with Gasteiger partial charge in [-0.3, -0.25) is 4.79 Å². The average Bonchev–Trinajstić information content (AvgIpc) is 3.12. The van der Waals surface area contributed by atoms with Crippen LogP contribution in [0.15, 0.2) is 29.4 Å². The zero-order valence-corrected chi connectivity index (χ0v) is 16.8. The molecule has 8 nitrogen and oxygen atoms in total. The predicted molar refractivity (Wildman–Crippen MR) is 107 cm³/mol. The maximum atomic E-state index is 12.2. The van der Waals surface area contributed by atoms with Gasteiger partial charge in [0.25, 0.3) is 5.91 Å². The number of thiophene rings is 1. The number of amides is 1. The van der Waals surface area contributed by atoms with Crippen LogP contribution in [-0.2, 0) is 0 Å². The molecule has 0 atom stereocenters. The van der Waals surface area contributed by atoms with Crippen molar-refractivity contribution < 1.29 is 19.5 Å². The summed E-state index contributed by atoms with van der Waals surface area (Å²) in [5, 5.41) is 16.6. The number of oxime groups is 1. The van der Waals surface area contributed by atoms with Crippen molar-refractivity contribution in [3.63, 3.8) is 0 Å². The smallest absolute Gasteiger partial charge is 0.261 e. The molecular formula is C19H20N4O4S. The van der Waals surface area contributed by atoms with Crippen LogP contribution in [0.4, 0.5) is 0 Å². The molecule has 1 amide bonds. The number of rotatable bonds is 6. The molecule has 0 fully saturated rings. The normalized spacial score (nSPS) is 11.5. The molecule has 0 saturated heterocycles. The molecule has 0 spiro atoms. The first kappa shape index (κ1) is 19.6. The molecule has 0 saturated carbocycles. The van der Waals surface area contributed by atoms with Gasteiger partial charge in [0.2, 0.25) is 0 Å². The predicted octanol–water partition coefficient (Wildman–Crippen LogP) is 2.99. The first-order chi connectivity index (χ1) is 13.5. The summed E-state index contributed by atoms with van der Waals surface area (Å²) >= 11 is 1.27. The third kappa shape index (κ3) is 3.61. The van der Waals surface area contributed by atoms with Gasteiger partial charge in [-0.25, -0.2) is 9.97 Å². The summed E-state index contributed by atoms with van der Waals surface area (Å²) in [6.07, 6.45) is 0. The number of aromatic nitrogens is 2. The van der Waals surface area contributed by atoms with Crippen molar-refractivity contribution in [2.24, 2.45) is 5.16 Å². The zero-order chi connectivity index (χ0) is 20.3. The van der Waals surface area contributed by atoms with E-state index in [0.717, 1.165) is 0 Å². The maximum absolute atomic E-state index is 12.2. The van der Waals surface area contributed by atoms with Crippen molar-refractivity contribution in [1.29, 1.82) is 0 Å². The molecule has 9 heteroatoms. The number of fused-ring (bicyclic) bond motifs is 1. The monoisotopic (exact) mass is 400 g/mol. The number of nitrogens with zero attached hydrogens (tertiary/aromatic N) is 3. The fourth-order valence-electron chi connectivity index (χ4n) is 2.79. The van der Waals surface area contributed by atoms with E-state index in [1.807, 2.05) is 6.92 Å². The van der Waals surface area contributed by atoms with Gasteiger partial charge in [0.1, 0.15) is 22.1 Å². The topological polar surface area (TPSA) is 106 Å². The van der Waals surface area contributed by atoms with Gasteiger partial charge in [0.05, 0.1) is 19.1 Å². The summed E-state index contributed by atoms with van der Waals surface area (Å²) in [5.41, 5.74) is 1.27. The molecule has 2 heterocycles. The van der Waals surface area contributed by atoms with Gasteiger partial charge in [-0.2, -0.15) is 0 Å². The van der Waals surface area contributed by atoms with Crippen molar-refractivity contribution in [3.05, 3.63) is 46.2 Å². The molecule has 0 aliphatic rings. The Labute approximate surface area is 165 Å². The van der Waals surface area contributed by atoms with Gasteiger partial charge < -0.3 is 20.0 Å². The lowest BCUT2D eigenvalue weighted by Gasteiger charge is -2.11. The molecule has 28 heavy (non-hydrogen) atoms. The van der Waals surface area contributed by atoms with Crippen LogP contribution in [0.3, 0.4) is 0 Å². The van der Waals surface area contributed by atoms with Gasteiger partial charge in [-0.05, 0) is 38.1 Å². The van der Waals surface area contributed by atoms with Crippen LogP contribution in [0.5, 0.6) is 11.5 Å². The van der Waals surface area contributed by atoms with E-state index in [2.05, 4.69) is 20.4 Å². The average molecular weight is 400 g/mol. The van der Waals surface area contributed by atoms with Crippen LogP contribution in [0.1, 0.15) is 33.7 Å². The fourth-order valence-corrected chi connectivity index (χ4v) is 3.79. The van der Waals surface area contributed by atoms with E-state index in [1.165, 1.54) is 18.4 Å². The quantitative estimate of drug-likeness (QED) is 0.374. The largest absolute Gasteiger partial charge is 0.493 e. The van der Waals surface area contributed by atoms with Gasteiger partial charge >= 0.3 is 0 Å². The lowest BCUT2D eigenvalue weighted by Crippen LogP contribution is -2.21. The SMILES string of the molecule is CCNC(=O)c1cc2c(C(=NO)c3ccc(OC)c(OC)c3)nc(C)nc2s1. The van der Waals surface area contributed by atoms with Crippen LogP contribution < -0.4 is 14.8 Å². The summed E-state index contributed by atoms with van der Waals surface area (Å²) in [6, 6.07) is 6.88. The third-order valence-electron chi connectivity index (χ3n) is 4.05. The molecule has 1 aromatic carbocycles. The van der Waals surface area contributed by atoms with E-state index in [4.69, 9.17) is 9.47 Å². The molecule has 3 rings (SSSR count). The standard InChI is InChI=1S/C19H20N4O4S/c1-5-20-18(24)15-9-12-17(21-10(2)22-19(12)28-15)16(23-25)11-6-7-13(26-3)14(8-11)27-4/h6-9,25H,5H2,1-4H3,(H,20,24). The summed E-state index contributed by atoms with van der Waals surface area (Å²) < 4.78 is 10.6. The Morgan fingerprint density at radius 3 is 2.61 bits per heavy atom. The van der Waals surface area contributed by atoms with Gasteiger partial charge in [0.15, 0.2) is 11.5 Å². The molecule has 0 radical (unpaired) electrons. The lowest BCUT2D eigenvalue weighted by molar-refractivity contribution is 0.0960. The van der Waals surface area contributed by atoms with Crippen LogP contribution in [-0.4, -0.2) is 47.6 Å². The number of benzene rings is 1. The summed E-state index contributed by atoms with van der Waals surface area (Å²) in [5.74, 6) is 1.38. The van der Waals surface area contributed by atoms with Crippen molar-refractivity contribution in [3.8, 4) is 11.5 Å². The van der Waals surface area contributed by atoms with Crippen molar-refractivity contribution >= 4 is 33.2 Å². The van der Waals surface area contributed by atoms with E-state index in [1.54, 1.807) is 38.3 Å². The first-order valence-electron chi connectivity index (χ1n) is 8.53. The number of carbonyl (C=O) groups excluding carboxylic acids is 1. The van der Waals surface area contributed by atoms with Crippen LogP contribution >= 0.6 is 11.3 Å². The number of methoxy groups -OCH3 is 2. The molecular weight excluding hydrogens is 380 g/mol. The van der Waals surface area contributed by atoms with Crippen LogP contribution in [0.2, 0.25) is 0 Å². The molecule has 0 unspecified atom stereocenters. The van der Waals surface area contributed by atoms with E-state index >= 15 is 0 Å². The number of ether oxygens (including phenoxy) is 2. The highest BCUT2D eigenvalue weighted by molar-refractivity contribution is 7.20. The van der Waals surface area contributed by atoms with E-state index in [9.17, 15) is 10.0 Å². The molecule has 0 aliphatic heterocycles. The van der Waals surface area contributed by atoms with E-state index < -0.39 is 0 Å². The second kappa shape index (κ2) is 8.22. The van der Waals surface area contributed by atoms with Crippen LogP contribution in [0.25, 0.3) is 10.2 Å². The third-order valence-corrected chi connectivity index (χ3v) is 5.07. The Morgan fingerprint density at radius 2 is 1.96 bits per heavy atom. The van der Waals surface area contributed by atoms with Crippen LogP contribution in [0, 0.1) is 6.92 Å². The highest BCUT2D eigenvalue weighted by atomic mass is 32.1. The van der Waals surface area contributed by atoms with Crippen molar-refractivity contribution in [1.82, 2.24) is 15.3 Å². The Hall–Kier alpha value is -3.20. The Kier molecular flexibility index (Phi) is 5.74. The van der Waals surface area contributed by atoms with E-state index in [-0.39, 0.29) is 11.6 Å². The number of aryl methyl sites for hydroxylation is 1. The zero-order valence-electron chi connectivity index (χ0n) is 15.9. The lowest BCUT2D eigenvalue weighted by atomic mass is 10.0. The highest BCUT2D eigenvalue weighted by Gasteiger charge is 2.20. The second-order valence-corrected chi connectivity index (χ2v) is 6.86. The minimum absolute atomic E-state index is 0.178. The van der Waals surface area contributed by atoms with Gasteiger partial charge in [-0.1, -0.05) is 5.16 Å². The van der Waals surface area contributed by atoms with E-state index in [0.29, 0.717) is 50.2 Å². The van der Waals surface area contributed by atoms with Crippen molar-refractivity contribution in [2.45, 2.75) is 13.8 Å². The fraction of sp³-hybridized carbons (Fsp3) is 0.263. The molecule has 0 bridgehead atoms. The Balaban J connectivity index is 2.16. The number of carbonyl (C=O) groups is 1. The molecule has 146 valence electrons. The number of nitrogens with one attached hydrogen (secondary N) is 1. The molecule has 3 aromatic rings. The van der Waals surface area contributed by atoms with Gasteiger partial charge in [-0.15, -0.1) is 11.3 Å². The molecule has 2 aromatic heterocycles. The molecule has 2 N–H and O–H groups in total. The second-order valence-electron chi connectivity index (χ2n) is 5.83. The summed E-state index contributed by atoms with van der Waals surface area (Å²) in [7, 11) is 3.08. The van der Waals surface area contributed by atoms with Crippen molar-refractivity contribution in [2.75, 3.05) is 20.8 Å².